The minimum Gasteiger partial charge on any atom is -0.317 e. The molecule has 0 aromatic carbocycles. The van der Waals surface area contributed by atoms with Crippen LogP contribution in [0.5, 0.6) is 0 Å². The Morgan fingerprint density at radius 1 is 1.42 bits per heavy atom. The molecule has 0 fully saturated rings. The van der Waals surface area contributed by atoms with Crippen molar-refractivity contribution in [2.45, 2.75) is 38.8 Å². The highest BCUT2D eigenvalue weighted by molar-refractivity contribution is 5.08. The van der Waals surface area contributed by atoms with Crippen molar-refractivity contribution in [2.24, 2.45) is 0 Å². The van der Waals surface area contributed by atoms with Gasteiger partial charge in [0.25, 0.3) is 0 Å². The zero-order chi connectivity index (χ0) is 13.5. The van der Waals surface area contributed by atoms with Crippen molar-refractivity contribution in [1.29, 1.82) is 0 Å². The van der Waals surface area contributed by atoms with Gasteiger partial charge in [-0.15, -0.1) is 0 Å². The lowest BCUT2D eigenvalue weighted by Crippen LogP contribution is -2.29. The lowest BCUT2D eigenvalue weighted by atomic mass is 10.0. The Bertz CT molecular complexity index is 480. The van der Waals surface area contributed by atoms with E-state index in [9.17, 15) is 0 Å². The highest BCUT2D eigenvalue weighted by atomic mass is 15.3. The number of nitrogens with zero attached hydrogens (tertiary/aromatic N) is 4. The summed E-state index contributed by atoms with van der Waals surface area (Å²) in [5, 5.41) is 7.57. The largest absolute Gasteiger partial charge is 0.317 e. The fourth-order valence-corrected chi connectivity index (χ4v) is 2.17. The van der Waals surface area contributed by atoms with E-state index < -0.39 is 0 Å². The molecule has 102 valence electrons. The van der Waals surface area contributed by atoms with E-state index in [4.69, 9.17) is 0 Å². The van der Waals surface area contributed by atoms with E-state index in [0.29, 0.717) is 6.04 Å². The number of hydrogen-bond donors (Lipinski definition) is 1. The maximum atomic E-state index is 4.33. The van der Waals surface area contributed by atoms with Gasteiger partial charge in [0.1, 0.15) is 12.2 Å². The van der Waals surface area contributed by atoms with Crippen molar-refractivity contribution < 1.29 is 0 Å². The highest BCUT2D eigenvalue weighted by Crippen LogP contribution is 2.07. The van der Waals surface area contributed by atoms with Crippen LogP contribution in [0.25, 0.3) is 0 Å². The number of likely N-dealkylation sites (N-methyl/N-ethyl adjacent to an activating group) is 1. The molecule has 0 radical (unpaired) electrons. The van der Waals surface area contributed by atoms with E-state index in [0.717, 1.165) is 31.6 Å². The topological polar surface area (TPSA) is 55.6 Å². The van der Waals surface area contributed by atoms with Gasteiger partial charge in [0, 0.05) is 31.4 Å². The molecule has 0 aliphatic heterocycles. The summed E-state index contributed by atoms with van der Waals surface area (Å²) in [5.41, 5.74) is 1.28. The molecular weight excluding hydrogens is 238 g/mol. The summed E-state index contributed by atoms with van der Waals surface area (Å²) in [7, 11) is 2.00. The van der Waals surface area contributed by atoms with E-state index in [-0.39, 0.29) is 0 Å². The number of aryl methyl sites for hydroxylation is 2. The molecule has 0 bridgehead atoms. The van der Waals surface area contributed by atoms with Gasteiger partial charge in [-0.25, -0.2) is 4.98 Å². The molecule has 2 rings (SSSR count). The fourth-order valence-electron chi connectivity index (χ4n) is 2.17. The standard InChI is InChI=1S/C14H21N5/c1-3-19-14(17-11-18-19)9-13(15-2)7-6-12-5-4-8-16-10-12/h4-5,8,10-11,13,15H,3,6-7,9H2,1-2H3. The van der Waals surface area contributed by atoms with Crippen molar-refractivity contribution >= 4 is 0 Å². The molecule has 1 unspecified atom stereocenters. The molecule has 1 N–H and O–H groups in total. The van der Waals surface area contributed by atoms with Gasteiger partial charge in [0.15, 0.2) is 0 Å². The number of aromatic nitrogens is 4. The van der Waals surface area contributed by atoms with E-state index in [1.165, 1.54) is 5.56 Å². The summed E-state index contributed by atoms with van der Waals surface area (Å²) in [6.45, 7) is 2.95. The minimum absolute atomic E-state index is 0.412. The van der Waals surface area contributed by atoms with Crippen LogP contribution >= 0.6 is 0 Å². The molecule has 5 heteroatoms. The lowest BCUT2D eigenvalue weighted by molar-refractivity contribution is 0.488. The van der Waals surface area contributed by atoms with Crippen LogP contribution in [0.1, 0.15) is 24.7 Å². The maximum Gasteiger partial charge on any atom is 0.138 e. The third-order valence-electron chi connectivity index (χ3n) is 3.34. The van der Waals surface area contributed by atoms with Crippen LogP contribution in [0.3, 0.4) is 0 Å². The Labute approximate surface area is 114 Å². The van der Waals surface area contributed by atoms with Crippen LogP contribution in [0.4, 0.5) is 0 Å². The molecule has 0 amide bonds. The number of hydrogen-bond acceptors (Lipinski definition) is 4. The number of nitrogens with one attached hydrogen (secondary N) is 1. The Morgan fingerprint density at radius 3 is 3.00 bits per heavy atom. The summed E-state index contributed by atoms with van der Waals surface area (Å²) >= 11 is 0. The van der Waals surface area contributed by atoms with Crippen molar-refractivity contribution in [3.05, 3.63) is 42.2 Å². The van der Waals surface area contributed by atoms with Crippen LogP contribution in [0.15, 0.2) is 30.9 Å². The van der Waals surface area contributed by atoms with E-state index in [2.05, 4.69) is 33.4 Å². The van der Waals surface area contributed by atoms with Gasteiger partial charge in [0.05, 0.1) is 0 Å². The van der Waals surface area contributed by atoms with Gasteiger partial charge in [0.2, 0.25) is 0 Å². The van der Waals surface area contributed by atoms with E-state index in [1.807, 2.05) is 30.2 Å². The van der Waals surface area contributed by atoms with Gasteiger partial charge in [-0.1, -0.05) is 6.07 Å². The van der Waals surface area contributed by atoms with E-state index in [1.54, 1.807) is 6.33 Å². The number of rotatable bonds is 7. The van der Waals surface area contributed by atoms with Crippen LogP contribution in [0, 0.1) is 0 Å². The Hall–Kier alpha value is -1.75. The van der Waals surface area contributed by atoms with Crippen molar-refractivity contribution in [1.82, 2.24) is 25.1 Å². The van der Waals surface area contributed by atoms with Crippen LogP contribution in [-0.2, 0) is 19.4 Å². The first-order chi connectivity index (χ1) is 9.33. The zero-order valence-corrected chi connectivity index (χ0v) is 11.6. The number of pyridine rings is 1. The molecule has 0 saturated carbocycles. The fraction of sp³-hybridized carbons (Fsp3) is 0.500. The summed E-state index contributed by atoms with van der Waals surface area (Å²) in [6, 6.07) is 4.51. The summed E-state index contributed by atoms with van der Waals surface area (Å²) < 4.78 is 1.95. The van der Waals surface area contributed by atoms with Crippen LogP contribution in [0.2, 0.25) is 0 Å². The normalized spacial score (nSPS) is 12.5. The molecule has 0 aliphatic rings. The third-order valence-corrected chi connectivity index (χ3v) is 3.34. The molecule has 2 aromatic rings. The van der Waals surface area contributed by atoms with Crippen molar-refractivity contribution in [3.63, 3.8) is 0 Å². The van der Waals surface area contributed by atoms with Gasteiger partial charge in [-0.3, -0.25) is 9.67 Å². The quantitative estimate of drug-likeness (QED) is 0.818. The third kappa shape index (κ3) is 3.86. The first-order valence-electron chi connectivity index (χ1n) is 6.76. The first-order valence-corrected chi connectivity index (χ1v) is 6.76. The predicted octanol–water partition coefficient (Wildman–Crippen LogP) is 1.46. The molecule has 2 aromatic heterocycles. The summed E-state index contributed by atoms with van der Waals surface area (Å²) in [6.07, 6.45) is 8.37. The molecule has 19 heavy (non-hydrogen) atoms. The Morgan fingerprint density at radius 2 is 2.32 bits per heavy atom. The Kier molecular flexibility index (Phi) is 5.03. The smallest absolute Gasteiger partial charge is 0.138 e. The van der Waals surface area contributed by atoms with Crippen LogP contribution in [-0.4, -0.2) is 32.8 Å². The molecule has 5 nitrogen and oxygen atoms in total. The lowest BCUT2D eigenvalue weighted by Gasteiger charge is -2.15. The molecule has 0 saturated heterocycles. The average Bonchev–Trinajstić information content (AvgIpc) is 2.91. The molecule has 0 aliphatic carbocycles. The molecule has 0 spiro atoms. The first kappa shape index (κ1) is 13.7. The van der Waals surface area contributed by atoms with Gasteiger partial charge >= 0.3 is 0 Å². The summed E-state index contributed by atoms with van der Waals surface area (Å²) in [4.78, 5) is 8.47. The van der Waals surface area contributed by atoms with Crippen LogP contribution < -0.4 is 5.32 Å². The monoisotopic (exact) mass is 259 g/mol. The predicted molar refractivity (Wildman–Crippen MR) is 74.8 cm³/mol. The second kappa shape index (κ2) is 6.99. The van der Waals surface area contributed by atoms with Crippen molar-refractivity contribution in [3.8, 4) is 0 Å². The minimum atomic E-state index is 0.412. The average molecular weight is 259 g/mol. The summed E-state index contributed by atoms with van der Waals surface area (Å²) in [5.74, 6) is 1.05. The second-order valence-electron chi connectivity index (χ2n) is 4.58. The Balaban J connectivity index is 1.90. The molecule has 2 heterocycles. The maximum absolute atomic E-state index is 4.33. The molecule has 1 atom stereocenters. The van der Waals surface area contributed by atoms with Crippen molar-refractivity contribution in [2.75, 3.05) is 7.05 Å². The van der Waals surface area contributed by atoms with Gasteiger partial charge in [-0.2, -0.15) is 5.10 Å². The van der Waals surface area contributed by atoms with E-state index >= 15 is 0 Å². The highest BCUT2D eigenvalue weighted by Gasteiger charge is 2.11. The zero-order valence-electron chi connectivity index (χ0n) is 11.6. The molecular formula is C14H21N5. The van der Waals surface area contributed by atoms with Gasteiger partial charge < -0.3 is 5.32 Å². The second-order valence-corrected chi connectivity index (χ2v) is 4.58. The van der Waals surface area contributed by atoms with Gasteiger partial charge in [-0.05, 0) is 38.4 Å². The SMILES string of the molecule is CCn1ncnc1CC(CCc1cccnc1)NC.